The van der Waals surface area contributed by atoms with Gasteiger partial charge in [0.05, 0.1) is 4.90 Å². The minimum atomic E-state index is -3.39. The van der Waals surface area contributed by atoms with Gasteiger partial charge in [-0.25, -0.2) is 13.1 Å². The molecule has 1 aromatic carbocycles. The Morgan fingerprint density at radius 3 is 2.33 bits per heavy atom. The van der Waals surface area contributed by atoms with Gasteiger partial charge >= 0.3 is 0 Å². The lowest BCUT2D eigenvalue weighted by Gasteiger charge is -2.30. The van der Waals surface area contributed by atoms with Crippen LogP contribution in [0.3, 0.4) is 0 Å². The van der Waals surface area contributed by atoms with Gasteiger partial charge in [-0.1, -0.05) is 19.8 Å². The topological polar surface area (TPSA) is 84.2 Å². The zero-order chi connectivity index (χ0) is 15.3. The highest BCUT2D eigenvalue weighted by atomic mass is 32.2. The Bertz CT molecular complexity index is 549. The van der Waals surface area contributed by atoms with Crippen LogP contribution in [0.5, 0.6) is 0 Å². The van der Waals surface area contributed by atoms with Crippen LogP contribution in [0.1, 0.15) is 39.0 Å². The van der Waals surface area contributed by atoms with Crippen molar-refractivity contribution in [2.24, 2.45) is 5.73 Å². The molecule has 1 fully saturated rings. The number of sulfonamides is 1. The fraction of sp³-hybridized carbons (Fsp3) is 0.600. The predicted octanol–water partition coefficient (Wildman–Crippen LogP) is 2.06. The standard InChI is InChI=1S/C15H25N3O2S/c1-2-11-17-21(19,20)14-7-5-13(6-8-14)18-15(12-16)9-3-4-10-15/h5-8,17-18H,2-4,9-12,16H2,1H3. The zero-order valence-corrected chi connectivity index (χ0v) is 13.4. The summed E-state index contributed by atoms with van der Waals surface area (Å²) in [6.07, 6.45) is 5.30. The van der Waals surface area contributed by atoms with Gasteiger partial charge in [0.25, 0.3) is 0 Å². The molecule has 5 nitrogen and oxygen atoms in total. The Labute approximate surface area is 127 Å². The summed E-state index contributed by atoms with van der Waals surface area (Å²) in [7, 11) is -3.39. The minimum absolute atomic E-state index is 0.0269. The monoisotopic (exact) mass is 311 g/mol. The molecule has 0 spiro atoms. The number of rotatable bonds is 7. The first-order chi connectivity index (χ1) is 10.0. The van der Waals surface area contributed by atoms with Gasteiger partial charge in [-0.05, 0) is 43.5 Å². The third kappa shape index (κ3) is 3.96. The smallest absolute Gasteiger partial charge is 0.240 e. The van der Waals surface area contributed by atoms with Crippen LogP contribution in [0.25, 0.3) is 0 Å². The average Bonchev–Trinajstić information content (AvgIpc) is 2.95. The Kier molecular flexibility index (Phi) is 5.24. The van der Waals surface area contributed by atoms with Crippen molar-refractivity contribution in [1.82, 2.24) is 4.72 Å². The van der Waals surface area contributed by atoms with Crippen LogP contribution in [0.15, 0.2) is 29.2 Å². The van der Waals surface area contributed by atoms with Crippen LogP contribution in [0, 0.1) is 0 Å². The fourth-order valence-electron chi connectivity index (χ4n) is 2.78. The van der Waals surface area contributed by atoms with E-state index in [1.54, 1.807) is 12.1 Å². The zero-order valence-electron chi connectivity index (χ0n) is 12.6. The molecule has 4 N–H and O–H groups in total. The van der Waals surface area contributed by atoms with Crippen molar-refractivity contribution in [3.8, 4) is 0 Å². The highest BCUT2D eigenvalue weighted by molar-refractivity contribution is 7.89. The maximum absolute atomic E-state index is 12.0. The molecule has 1 saturated carbocycles. The van der Waals surface area contributed by atoms with Crippen molar-refractivity contribution in [3.63, 3.8) is 0 Å². The van der Waals surface area contributed by atoms with Crippen LogP contribution in [-0.2, 0) is 10.0 Å². The van der Waals surface area contributed by atoms with Crippen molar-refractivity contribution in [2.75, 3.05) is 18.4 Å². The predicted molar refractivity (Wildman–Crippen MR) is 85.8 cm³/mol. The largest absolute Gasteiger partial charge is 0.378 e. The second kappa shape index (κ2) is 6.77. The normalized spacial score (nSPS) is 17.8. The summed E-state index contributed by atoms with van der Waals surface area (Å²) < 4.78 is 26.6. The molecule has 0 amide bonds. The summed E-state index contributed by atoms with van der Waals surface area (Å²) in [6.45, 7) is 2.99. The van der Waals surface area contributed by atoms with Crippen molar-refractivity contribution < 1.29 is 8.42 Å². The summed E-state index contributed by atoms with van der Waals surface area (Å²) in [5.41, 5.74) is 6.80. The molecule has 0 radical (unpaired) electrons. The second-order valence-corrected chi connectivity index (χ2v) is 7.51. The number of anilines is 1. The summed E-state index contributed by atoms with van der Waals surface area (Å²) in [4.78, 5) is 0.301. The number of benzene rings is 1. The van der Waals surface area contributed by atoms with Crippen molar-refractivity contribution >= 4 is 15.7 Å². The summed E-state index contributed by atoms with van der Waals surface area (Å²) in [5, 5.41) is 3.49. The van der Waals surface area contributed by atoms with Gasteiger partial charge in [0.15, 0.2) is 0 Å². The average molecular weight is 311 g/mol. The number of hydrogen-bond donors (Lipinski definition) is 3. The number of hydrogen-bond acceptors (Lipinski definition) is 4. The van der Waals surface area contributed by atoms with Crippen molar-refractivity contribution in [2.45, 2.75) is 49.5 Å². The quantitative estimate of drug-likeness (QED) is 0.719. The molecule has 0 heterocycles. The van der Waals surface area contributed by atoms with Crippen molar-refractivity contribution in [1.29, 1.82) is 0 Å². The molecule has 0 bridgehead atoms. The van der Waals surface area contributed by atoms with Crippen LogP contribution >= 0.6 is 0 Å². The Morgan fingerprint density at radius 2 is 1.81 bits per heavy atom. The third-order valence-corrected chi connectivity index (χ3v) is 5.54. The Morgan fingerprint density at radius 1 is 1.19 bits per heavy atom. The fourth-order valence-corrected chi connectivity index (χ4v) is 3.91. The van der Waals surface area contributed by atoms with E-state index in [4.69, 9.17) is 5.73 Å². The van der Waals surface area contributed by atoms with E-state index in [0.717, 1.165) is 24.9 Å². The molecular weight excluding hydrogens is 286 g/mol. The molecule has 0 atom stereocenters. The molecular formula is C15H25N3O2S. The molecule has 0 aromatic heterocycles. The second-order valence-electron chi connectivity index (χ2n) is 5.74. The highest BCUT2D eigenvalue weighted by Crippen LogP contribution is 2.32. The molecule has 21 heavy (non-hydrogen) atoms. The van der Waals surface area contributed by atoms with E-state index >= 15 is 0 Å². The molecule has 0 unspecified atom stereocenters. The maximum atomic E-state index is 12.0. The van der Waals surface area contributed by atoms with E-state index in [1.807, 2.05) is 19.1 Å². The van der Waals surface area contributed by atoms with Crippen LogP contribution in [0.2, 0.25) is 0 Å². The van der Waals surface area contributed by atoms with Gasteiger partial charge in [-0.15, -0.1) is 0 Å². The molecule has 118 valence electrons. The van der Waals surface area contributed by atoms with Gasteiger partial charge in [0.2, 0.25) is 10.0 Å². The molecule has 1 aliphatic carbocycles. The van der Waals surface area contributed by atoms with Gasteiger partial charge in [-0.3, -0.25) is 0 Å². The first-order valence-corrected chi connectivity index (χ1v) is 9.08. The minimum Gasteiger partial charge on any atom is -0.378 e. The summed E-state index contributed by atoms with van der Waals surface area (Å²) in [5.74, 6) is 0. The summed E-state index contributed by atoms with van der Waals surface area (Å²) >= 11 is 0. The number of nitrogens with two attached hydrogens (primary N) is 1. The SMILES string of the molecule is CCCNS(=O)(=O)c1ccc(NC2(CN)CCCC2)cc1. The van der Waals surface area contributed by atoms with E-state index < -0.39 is 10.0 Å². The van der Waals surface area contributed by atoms with E-state index in [2.05, 4.69) is 10.0 Å². The first-order valence-electron chi connectivity index (χ1n) is 7.59. The molecule has 2 rings (SSSR count). The highest BCUT2D eigenvalue weighted by Gasteiger charge is 2.32. The lowest BCUT2D eigenvalue weighted by Crippen LogP contribution is -2.42. The first kappa shape index (κ1) is 16.3. The van der Waals surface area contributed by atoms with Crippen LogP contribution in [-0.4, -0.2) is 27.0 Å². The van der Waals surface area contributed by atoms with E-state index in [-0.39, 0.29) is 5.54 Å². The lowest BCUT2D eigenvalue weighted by atomic mass is 9.97. The van der Waals surface area contributed by atoms with Gasteiger partial charge in [0, 0.05) is 24.3 Å². The van der Waals surface area contributed by atoms with E-state index in [0.29, 0.717) is 18.0 Å². The molecule has 0 saturated heterocycles. The molecule has 1 aliphatic rings. The molecule has 1 aromatic rings. The summed E-state index contributed by atoms with van der Waals surface area (Å²) in [6, 6.07) is 6.91. The van der Waals surface area contributed by atoms with Gasteiger partial charge in [-0.2, -0.15) is 0 Å². The lowest BCUT2D eigenvalue weighted by molar-refractivity contribution is 0.493. The Hall–Kier alpha value is -1.11. The maximum Gasteiger partial charge on any atom is 0.240 e. The Balaban J connectivity index is 2.08. The van der Waals surface area contributed by atoms with Gasteiger partial charge < -0.3 is 11.1 Å². The number of nitrogens with one attached hydrogen (secondary N) is 2. The third-order valence-electron chi connectivity index (χ3n) is 4.07. The van der Waals surface area contributed by atoms with Crippen molar-refractivity contribution in [3.05, 3.63) is 24.3 Å². The molecule has 0 aliphatic heterocycles. The van der Waals surface area contributed by atoms with Crippen LogP contribution < -0.4 is 15.8 Å². The van der Waals surface area contributed by atoms with E-state index in [9.17, 15) is 8.42 Å². The van der Waals surface area contributed by atoms with E-state index in [1.165, 1.54) is 12.8 Å². The van der Waals surface area contributed by atoms with Crippen LogP contribution in [0.4, 0.5) is 5.69 Å². The molecule has 6 heteroatoms. The van der Waals surface area contributed by atoms with Gasteiger partial charge in [0.1, 0.15) is 0 Å².